The molecule has 0 heterocycles. The molecule has 138 valence electrons. The van der Waals surface area contributed by atoms with Crippen LogP contribution in [0.25, 0.3) is 0 Å². The molecule has 0 saturated carbocycles. The molecule has 0 unspecified atom stereocenters. The van der Waals surface area contributed by atoms with Crippen LogP contribution in [0.4, 0.5) is 0 Å². The van der Waals surface area contributed by atoms with E-state index in [4.69, 9.17) is 22.8 Å². The van der Waals surface area contributed by atoms with Gasteiger partial charge >= 0.3 is 15.2 Å². The van der Waals surface area contributed by atoms with Crippen LogP contribution in [0.15, 0.2) is 18.2 Å². The molecule has 1 rings (SSSR count). The van der Waals surface area contributed by atoms with Crippen molar-refractivity contribution in [2.24, 2.45) is 0 Å². The summed E-state index contributed by atoms with van der Waals surface area (Å²) in [4.78, 5) is 0. The Kier molecular flexibility index (Phi) is 8.65. The third-order valence-corrected chi connectivity index (χ3v) is 7.49. The first-order chi connectivity index (χ1) is 11.3. The Labute approximate surface area is 143 Å². The maximum Gasteiger partial charge on any atom is 0.330 e. The number of hydrogen-bond acceptors (Lipinski definition) is 7. The van der Waals surface area contributed by atoms with Gasteiger partial charge in [0.1, 0.15) is 5.75 Å². The Morgan fingerprint density at radius 2 is 1.08 bits per heavy atom. The van der Waals surface area contributed by atoms with Crippen LogP contribution in [-0.2, 0) is 40.1 Å². The third kappa shape index (κ3) is 6.32. The molecule has 0 amide bonds. The summed E-state index contributed by atoms with van der Waals surface area (Å²) in [5, 5.41) is 0. The average molecular weight is 380 g/mol. The molecule has 0 aliphatic rings. The molecule has 0 spiro atoms. The van der Waals surface area contributed by atoms with Crippen LogP contribution in [-0.4, -0.2) is 47.9 Å². The van der Waals surface area contributed by atoms with Gasteiger partial charge in [-0.1, -0.05) is 6.07 Å². The third-order valence-electron chi connectivity index (χ3n) is 3.72. The Balaban J connectivity index is 2.88. The van der Waals surface area contributed by atoms with E-state index < -0.39 is 15.2 Å². The van der Waals surface area contributed by atoms with Crippen molar-refractivity contribution in [1.82, 2.24) is 0 Å². The second-order valence-electron chi connectivity index (χ2n) is 5.09. The fraction of sp³-hybridized carbons (Fsp3) is 0.600. The van der Waals surface area contributed by atoms with E-state index in [1.54, 1.807) is 7.11 Å². The summed E-state index contributed by atoms with van der Waals surface area (Å²) >= 11 is 0. The summed E-state index contributed by atoms with van der Waals surface area (Å²) in [5.41, 5.74) is 1.87. The molecular formula is C15H26O7P2. The van der Waals surface area contributed by atoms with Gasteiger partial charge < -0.3 is 22.8 Å². The quantitative estimate of drug-likeness (QED) is 0.541. The summed E-state index contributed by atoms with van der Waals surface area (Å²) in [5.74, 6) is 0.678. The lowest BCUT2D eigenvalue weighted by Gasteiger charge is -2.16. The fourth-order valence-corrected chi connectivity index (χ4v) is 4.27. The van der Waals surface area contributed by atoms with Gasteiger partial charge in [-0.15, -0.1) is 0 Å². The molecule has 1 aromatic rings. The van der Waals surface area contributed by atoms with Crippen molar-refractivity contribution in [2.75, 3.05) is 47.9 Å². The minimum Gasteiger partial charge on any atom is -0.497 e. The molecule has 0 N–H and O–H groups in total. The molecule has 0 aliphatic heterocycles. The lowest BCUT2D eigenvalue weighted by atomic mass is 10.1. The zero-order valence-corrected chi connectivity index (χ0v) is 16.6. The predicted molar refractivity (Wildman–Crippen MR) is 93.4 cm³/mol. The summed E-state index contributed by atoms with van der Waals surface area (Å²) in [6.45, 7) is 0. The monoisotopic (exact) mass is 380 g/mol. The summed E-state index contributed by atoms with van der Waals surface area (Å²) in [6.07, 6.45) is 1.55. The largest absolute Gasteiger partial charge is 0.497 e. The van der Waals surface area contributed by atoms with Crippen LogP contribution in [0.1, 0.15) is 11.1 Å². The summed E-state index contributed by atoms with van der Waals surface area (Å²) in [6, 6.07) is 5.69. The van der Waals surface area contributed by atoms with Crippen molar-refractivity contribution in [3.63, 3.8) is 0 Å². The lowest BCUT2D eigenvalue weighted by molar-refractivity contribution is 0.275. The maximum atomic E-state index is 12.2. The van der Waals surface area contributed by atoms with Gasteiger partial charge in [0.05, 0.1) is 19.4 Å². The average Bonchev–Trinajstić information content (AvgIpc) is 2.64. The minimum absolute atomic E-state index is 0.265. The van der Waals surface area contributed by atoms with Crippen molar-refractivity contribution < 1.29 is 32.0 Å². The predicted octanol–water partition coefficient (Wildman–Crippen LogP) is 3.75. The second-order valence-corrected chi connectivity index (χ2v) is 9.89. The topological polar surface area (TPSA) is 80.3 Å². The number of hydrogen-bond donors (Lipinski definition) is 0. The number of aryl methyl sites for hydroxylation is 2. The highest BCUT2D eigenvalue weighted by Crippen LogP contribution is 2.47. The van der Waals surface area contributed by atoms with Crippen LogP contribution in [0.3, 0.4) is 0 Å². The van der Waals surface area contributed by atoms with Gasteiger partial charge in [-0.2, -0.15) is 0 Å². The first-order valence-electron chi connectivity index (χ1n) is 7.41. The molecule has 0 aliphatic carbocycles. The van der Waals surface area contributed by atoms with Crippen molar-refractivity contribution in [1.29, 1.82) is 0 Å². The van der Waals surface area contributed by atoms with Crippen LogP contribution in [0.5, 0.6) is 5.75 Å². The van der Waals surface area contributed by atoms with Gasteiger partial charge in [0.2, 0.25) is 0 Å². The van der Waals surface area contributed by atoms with E-state index >= 15 is 0 Å². The van der Waals surface area contributed by atoms with Crippen LogP contribution < -0.4 is 4.74 Å². The Morgan fingerprint density at radius 1 is 0.708 bits per heavy atom. The number of benzene rings is 1. The van der Waals surface area contributed by atoms with Gasteiger partial charge in [0.15, 0.2) is 0 Å². The smallest absolute Gasteiger partial charge is 0.330 e. The van der Waals surface area contributed by atoms with Crippen LogP contribution in [0, 0.1) is 0 Å². The maximum absolute atomic E-state index is 12.2. The van der Waals surface area contributed by atoms with E-state index in [1.807, 2.05) is 18.2 Å². The zero-order chi connectivity index (χ0) is 18.2. The van der Waals surface area contributed by atoms with Crippen molar-refractivity contribution >= 4 is 15.2 Å². The van der Waals surface area contributed by atoms with E-state index in [0.29, 0.717) is 18.6 Å². The van der Waals surface area contributed by atoms with Gasteiger partial charge in [-0.05, 0) is 36.1 Å². The molecule has 0 fully saturated rings. The molecule has 9 heteroatoms. The summed E-state index contributed by atoms with van der Waals surface area (Å²) in [7, 11) is 0.929. The van der Waals surface area contributed by atoms with E-state index in [-0.39, 0.29) is 12.3 Å². The van der Waals surface area contributed by atoms with Crippen molar-refractivity contribution in [3.05, 3.63) is 29.3 Å². The highest BCUT2D eigenvalue weighted by atomic mass is 31.2. The Morgan fingerprint density at radius 3 is 1.38 bits per heavy atom. The molecule has 0 atom stereocenters. The van der Waals surface area contributed by atoms with E-state index in [2.05, 4.69) is 0 Å². The second kappa shape index (κ2) is 9.71. The van der Waals surface area contributed by atoms with Crippen molar-refractivity contribution in [2.45, 2.75) is 12.8 Å². The minimum atomic E-state index is -3.06. The standard InChI is InChI=1S/C15H26O7P2/c1-18-15-11-13(6-8-23(16,19-2)20-3)10-14(12-15)7-9-24(17,21-4)22-5/h10-12H,6-9H2,1-5H3. The molecular weight excluding hydrogens is 354 g/mol. The van der Waals surface area contributed by atoms with E-state index in [1.165, 1.54) is 28.4 Å². The first kappa shape index (κ1) is 21.4. The SMILES string of the molecule is COc1cc(CCP(=O)(OC)OC)cc(CCP(=O)(OC)OC)c1. The van der Waals surface area contributed by atoms with E-state index in [9.17, 15) is 9.13 Å². The number of ether oxygens (including phenoxy) is 1. The molecule has 24 heavy (non-hydrogen) atoms. The Hall–Kier alpha value is -0.680. The highest BCUT2D eigenvalue weighted by Gasteiger charge is 2.22. The molecule has 7 nitrogen and oxygen atoms in total. The van der Waals surface area contributed by atoms with Gasteiger partial charge in [0.25, 0.3) is 0 Å². The summed E-state index contributed by atoms with van der Waals surface area (Å²) < 4.78 is 49.4. The highest BCUT2D eigenvalue weighted by molar-refractivity contribution is 7.54. The first-order valence-corrected chi connectivity index (χ1v) is 10.9. The van der Waals surface area contributed by atoms with Gasteiger partial charge in [0, 0.05) is 28.4 Å². The number of rotatable bonds is 11. The molecule has 0 radical (unpaired) electrons. The molecule has 0 bridgehead atoms. The Bertz CT molecular complexity index is 554. The molecule has 1 aromatic carbocycles. The van der Waals surface area contributed by atoms with E-state index in [0.717, 1.165) is 11.1 Å². The number of methoxy groups -OCH3 is 1. The normalized spacial score (nSPS) is 12.4. The van der Waals surface area contributed by atoms with Crippen molar-refractivity contribution in [3.8, 4) is 5.75 Å². The van der Waals surface area contributed by atoms with Crippen LogP contribution in [0.2, 0.25) is 0 Å². The molecule has 0 aromatic heterocycles. The fourth-order valence-electron chi connectivity index (χ4n) is 2.18. The lowest BCUT2D eigenvalue weighted by Crippen LogP contribution is -2.02. The van der Waals surface area contributed by atoms with Gasteiger partial charge in [-0.25, -0.2) is 0 Å². The zero-order valence-electron chi connectivity index (χ0n) is 14.8. The molecule has 0 saturated heterocycles. The van der Waals surface area contributed by atoms with Gasteiger partial charge in [-0.3, -0.25) is 9.13 Å². The van der Waals surface area contributed by atoms with Crippen LogP contribution >= 0.6 is 15.2 Å².